The van der Waals surface area contributed by atoms with Crippen LogP contribution >= 0.6 is 11.6 Å². The molecule has 2 rings (SSSR count). The molecule has 0 saturated carbocycles. The van der Waals surface area contributed by atoms with E-state index in [0.29, 0.717) is 6.10 Å². The minimum atomic E-state index is 0.166. The number of hydrogen-bond donors (Lipinski definition) is 1. The van der Waals surface area contributed by atoms with Crippen molar-refractivity contribution in [3.8, 4) is 0 Å². The lowest BCUT2D eigenvalue weighted by atomic mass is 10.0. The maximum Gasteiger partial charge on any atom is 0.0762 e. The highest BCUT2D eigenvalue weighted by Crippen LogP contribution is 2.31. The standard InChI is InChI=1S/C15H23ClN2O/c1-3-11(17)9-13-14(16)5-4-6-15(13)18-8-7-12(10-18)19-2/h4-6,11-12H,3,7-10,17H2,1-2H3. The molecule has 0 radical (unpaired) electrons. The van der Waals surface area contributed by atoms with Crippen LogP contribution in [-0.4, -0.2) is 32.3 Å². The maximum absolute atomic E-state index is 6.37. The first kappa shape index (κ1) is 14.6. The highest BCUT2D eigenvalue weighted by molar-refractivity contribution is 6.31. The van der Waals surface area contributed by atoms with Crippen LogP contribution in [0.4, 0.5) is 5.69 Å². The highest BCUT2D eigenvalue weighted by Gasteiger charge is 2.24. The summed E-state index contributed by atoms with van der Waals surface area (Å²) in [6, 6.07) is 6.27. The van der Waals surface area contributed by atoms with Crippen molar-refractivity contribution in [1.29, 1.82) is 0 Å². The van der Waals surface area contributed by atoms with E-state index < -0.39 is 0 Å². The van der Waals surface area contributed by atoms with Gasteiger partial charge in [-0.05, 0) is 37.0 Å². The Balaban J connectivity index is 2.22. The Morgan fingerprint density at radius 2 is 2.32 bits per heavy atom. The first-order valence-corrected chi connectivity index (χ1v) is 7.34. The van der Waals surface area contributed by atoms with Gasteiger partial charge in [0.1, 0.15) is 0 Å². The number of methoxy groups -OCH3 is 1. The molecule has 1 aromatic carbocycles. The number of halogens is 1. The van der Waals surface area contributed by atoms with E-state index in [2.05, 4.69) is 17.9 Å². The molecule has 1 fully saturated rings. The predicted octanol–water partition coefficient (Wildman–Crippen LogP) is 2.84. The van der Waals surface area contributed by atoms with Crippen molar-refractivity contribution in [2.45, 2.75) is 38.3 Å². The van der Waals surface area contributed by atoms with E-state index in [-0.39, 0.29) is 6.04 Å². The molecule has 106 valence electrons. The molecule has 0 aliphatic carbocycles. The number of benzene rings is 1. The van der Waals surface area contributed by atoms with Crippen LogP contribution in [0.2, 0.25) is 5.02 Å². The van der Waals surface area contributed by atoms with Gasteiger partial charge in [0.2, 0.25) is 0 Å². The quantitative estimate of drug-likeness (QED) is 0.902. The van der Waals surface area contributed by atoms with Gasteiger partial charge in [0, 0.05) is 37.0 Å². The van der Waals surface area contributed by atoms with Crippen LogP contribution in [0, 0.1) is 0 Å². The third-order valence-corrected chi connectivity index (χ3v) is 4.26. The van der Waals surface area contributed by atoms with Crippen molar-refractivity contribution in [3.63, 3.8) is 0 Å². The molecule has 3 nitrogen and oxygen atoms in total. The van der Waals surface area contributed by atoms with Crippen LogP contribution in [0.15, 0.2) is 18.2 Å². The fourth-order valence-electron chi connectivity index (χ4n) is 2.59. The second-order valence-corrected chi connectivity index (χ2v) is 5.61. The average Bonchev–Trinajstić information content (AvgIpc) is 2.89. The lowest BCUT2D eigenvalue weighted by molar-refractivity contribution is 0.121. The molecule has 0 amide bonds. The number of anilines is 1. The van der Waals surface area contributed by atoms with E-state index in [0.717, 1.165) is 37.4 Å². The van der Waals surface area contributed by atoms with Crippen molar-refractivity contribution < 1.29 is 4.74 Å². The van der Waals surface area contributed by atoms with Crippen LogP contribution < -0.4 is 10.6 Å². The van der Waals surface area contributed by atoms with Crippen molar-refractivity contribution in [3.05, 3.63) is 28.8 Å². The molecule has 0 aromatic heterocycles. The Morgan fingerprint density at radius 1 is 1.53 bits per heavy atom. The van der Waals surface area contributed by atoms with Crippen LogP contribution in [0.5, 0.6) is 0 Å². The summed E-state index contributed by atoms with van der Waals surface area (Å²) in [4.78, 5) is 2.36. The summed E-state index contributed by atoms with van der Waals surface area (Å²) >= 11 is 6.37. The van der Waals surface area contributed by atoms with Gasteiger partial charge in [-0.25, -0.2) is 0 Å². The smallest absolute Gasteiger partial charge is 0.0762 e. The van der Waals surface area contributed by atoms with E-state index in [1.165, 1.54) is 11.3 Å². The van der Waals surface area contributed by atoms with Gasteiger partial charge in [-0.1, -0.05) is 24.6 Å². The number of nitrogens with zero attached hydrogens (tertiary/aromatic N) is 1. The van der Waals surface area contributed by atoms with E-state index in [1.807, 2.05) is 12.1 Å². The first-order valence-electron chi connectivity index (χ1n) is 6.96. The lowest BCUT2D eigenvalue weighted by Crippen LogP contribution is -2.26. The Bertz CT molecular complexity index is 425. The molecule has 1 heterocycles. The number of rotatable bonds is 5. The molecule has 0 spiro atoms. The molecule has 1 aliphatic heterocycles. The zero-order valence-corrected chi connectivity index (χ0v) is 12.5. The first-order chi connectivity index (χ1) is 9.15. The number of hydrogen-bond acceptors (Lipinski definition) is 3. The van der Waals surface area contributed by atoms with Gasteiger partial charge in [0.05, 0.1) is 6.10 Å². The van der Waals surface area contributed by atoms with Crippen LogP contribution in [0.25, 0.3) is 0 Å². The predicted molar refractivity (Wildman–Crippen MR) is 81.0 cm³/mol. The maximum atomic E-state index is 6.37. The summed E-state index contributed by atoms with van der Waals surface area (Å²) < 4.78 is 5.44. The Hall–Kier alpha value is -0.770. The van der Waals surface area contributed by atoms with Gasteiger partial charge >= 0.3 is 0 Å². The molecule has 4 heteroatoms. The molecular weight excluding hydrogens is 260 g/mol. The van der Waals surface area contributed by atoms with Crippen LogP contribution in [-0.2, 0) is 11.2 Å². The molecule has 1 saturated heterocycles. The second-order valence-electron chi connectivity index (χ2n) is 5.20. The monoisotopic (exact) mass is 282 g/mol. The van der Waals surface area contributed by atoms with Crippen molar-refractivity contribution in [1.82, 2.24) is 0 Å². The largest absolute Gasteiger partial charge is 0.380 e. The van der Waals surface area contributed by atoms with E-state index in [9.17, 15) is 0 Å². The Labute approximate surface area is 120 Å². The molecule has 2 atom stereocenters. The van der Waals surface area contributed by atoms with Gasteiger partial charge in [-0.2, -0.15) is 0 Å². The van der Waals surface area contributed by atoms with Crippen molar-refractivity contribution >= 4 is 17.3 Å². The summed E-state index contributed by atoms with van der Waals surface area (Å²) in [6.07, 6.45) is 3.19. The van der Waals surface area contributed by atoms with E-state index in [1.54, 1.807) is 7.11 Å². The zero-order chi connectivity index (χ0) is 13.8. The molecule has 19 heavy (non-hydrogen) atoms. The van der Waals surface area contributed by atoms with Gasteiger partial charge < -0.3 is 15.4 Å². The topological polar surface area (TPSA) is 38.5 Å². The van der Waals surface area contributed by atoms with Crippen LogP contribution in [0.3, 0.4) is 0 Å². The summed E-state index contributed by atoms with van der Waals surface area (Å²) in [5.41, 5.74) is 8.49. The van der Waals surface area contributed by atoms with Gasteiger partial charge in [-0.3, -0.25) is 0 Å². The molecule has 1 aliphatic rings. The third kappa shape index (κ3) is 3.41. The van der Waals surface area contributed by atoms with Gasteiger partial charge in [-0.15, -0.1) is 0 Å². The van der Waals surface area contributed by atoms with Crippen molar-refractivity contribution in [2.75, 3.05) is 25.1 Å². The van der Waals surface area contributed by atoms with Crippen molar-refractivity contribution in [2.24, 2.45) is 5.73 Å². The number of nitrogens with two attached hydrogens (primary N) is 1. The summed E-state index contributed by atoms with van der Waals surface area (Å²) in [6.45, 7) is 4.07. The zero-order valence-electron chi connectivity index (χ0n) is 11.7. The van der Waals surface area contributed by atoms with E-state index >= 15 is 0 Å². The number of ether oxygens (including phenoxy) is 1. The molecule has 2 N–H and O–H groups in total. The lowest BCUT2D eigenvalue weighted by Gasteiger charge is -2.24. The van der Waals surface area contributed by atoms with Gasteiger partial charge in [0.15, 0.2) is 0 Å². The summed E-state index contributed by atoms with van der Waals surface area (Å²) in [7, 11) is 1.78. The fourth-order valence-corrected chi connectivity index (χ4v) is 2.84. The molecule has 0 bridgehead atoms. The minimum absolute atomic E-state index is 0.166. The second kappa shape index (κ2) is 6.60. The molecule has 2 unspecified atom stereocenters. The van der Waals surface area contributed by atoms with Gasteiger partial charge in [0.25, 0.3) is 0 Å². The average molecular weight is 283 g/mol. The Kier molecular flexibility index (Phi) is 5.08. The normalized spacial score (nSPS) is 20.8. The fraction of sp³-hybridized carbons (Fsp3) is 0.600. The minimum Gasteiger partial charge on any atom is -0.380 e. The molecule has 1 aromatic rings. The Morgan fingerprint density at radius 3 is 2.95 bits per heavy atom. The summed E-state index contributed by atoms with van der Waals surface area (Å²) in [5.74, 6) is 0. The SMILES string of the molecule is CCC(N)Cc1c(Cl)cccc1N1CCC(OC)C1. The van der Waals surface area contributed by atoms with Crippen LogP contribution in [0.1, 0.15) is 25.3 Å². The summed E-state index contributed by atoms with van der Waals surface area (Å²) in [5, 5.41) is 0.822. The third-order valence-electron chi connectivity index (χ3n) is 3.90. The molecular formula is C15H23ClN2O. The highest BCUT2D eigenvalue weighted by atomic mass is 35.5. The van der Waals surface area contributed by atoms with E-state index in [4.69, 9.17) is 22.1 Å².